The fourth-order valence-corrected chi connectivity index (χ4v) is 4.18. The van der Waals surface area contributed by atoms with Crippen LogP contribution in [0.25, 0.3) is 0 Å². The Morgan fingerprint density at radius 1 is 1.09 bits per heavy atom. The van der Waals surface area contributed by atoms with Gasteiger partial charge < -0.3 is 19.9 Å². The lowest BCUT2D eigenvalue weighted by atomic mass is 10.0. The van der Waals surface area contributed by atoms with Crippen molar-refractivity contribution >= 4 is 23.2 Å². The van der Waals surface area contributed by atoms with Crippen molar-refractivity contribution < 1.29 is 27.5 Å². The maximum atomic E-state index is 13.7. The predicted octanol–water partition coefficient (Wildman–Crippen LogP) is 3.52. The Bertz CT molecular complexity index is 1020. The molecule has 2 aliphatic rings. The fourth-order valence-electron chi connectivity index (χ4n) is 4.18. The molecule has 1 atom stereocenters. The van der Waals surface area contributed by atoms with E-state index in [9.17, 15) is 22.8 Å². The van der Waals surface area contributed by atoms with Gasteiger partial charge in [-0.25, -0.2) is 0 Å². The summed E-state index contributed by atoms with van der Waals surface area (Å²) in [5.74, 6) is -1.21. The largest absolute Gasteiger partial charge is 0.416 e. The van der Waals surface area contributed by atoms with Crippen LogP contribution in [0.15, 0.2) is 42.5 Å². The molecule has 2 aromatic carbocycles. The lowest BCUT2D eigenvalue weighted by Crippen LogP contribution is -2.36. The quantitative estimate of drug-likeness (QED) is 0.740. The third-order valence-electron chi connectivity index (χ3n) is 6.07. The fraction of sp³-hybridized carbons (Fsp3) is 0.417. The summed E-state index contributed by atoms with van der Waals surface area (Å²) >= 11 is 0. The van der Waals surface area contributed by atoms with Crippen molar-refractivity contribution in [1.29, 1.82) is 0 Å². The molecular weight excluding hydrogens is 435 g/mol. The van der Waals surface area contributed by atoms with Gasteiger partial charge in [0, 0.05) is 44.0 Å². The third-order valence-corrected chi connectivity index (χ3v) is 6.07. The van der Waals surface area contributed by atoms with E-state index in [-0.39, 0.29) is 31.0 Å². The molecule has 0 aliphatic carbocycles. The summed E-state index contributed by atoms with van der Waals surface area (Å²) in [5, 5.41) is 2.60. The summed E-state index contributed by atoms with van der Waals surface area (Å²) in [6, 6.07) is 11.6. The summed E-state index contributed by atoms with van der Waals surface area (Å²) in [6.07, 6.45) is -4.52. The Balaban J connectivity index is 1.43. The molecule has 33 heavy (non-hydrogen) atoms. The first-order valence-electron chi connectivity index (χ1n) is 10.9. The zero-order valence-electron chi connectivity index (χ0n) is 18.3. The summed E-state index contributed by atoms with van der Waals surface area (Å²) in [7, 11) is 0. The second-order valence-corrected chi connectivity index (χ2v) is 8.40. The highest BCUT2D eigenvalue weighted by molar-refractivity contribution is 6.00. The molecule has 2 aromatic rings. The molecule has 4 rings (SSSR count). The summed E-state index contributed by atoms with van der Waals surface area (Å²) in [4.78, 5) is 28.5. The number of rotatable bonds is 5. The minimum absolute atomic E-state index is 0.00688. The number of morpholine rings is 1. The van der Waals surface area contributed by atoms with Crippen LogP contribution in [-0.4, -0.2) is 44.7 Å². The predicted molar refractivity (Wildman–Crippen MR) is 118 cm³/mol. The van der Waals surface area contributed by atoms with Gasteiger partial charge in [0.1, 0.15) is 0 Å². The Labute approximate surface area is 190 Å². The molecule has 0 saturated carbocycles. The second kappa shape index (κ2) is 9.43. The van der Waals surface area contributed by atoms with E-state index in [2.05, 4.69) is 5.32 Å². The van der Waals surface area contributed by atoms with Crippen LogP contribution in [-0.2, 0) is 27.0 Å². The molecule has 1 unspecified atom stereocenters. The highest BCUT2D eigenvalue weighted by atomic mass is 19.4. The van der Waals surface area contributed by atoms with Gasteiger partial charge in [0.25, 0.3) is 0 Å². The smallest absolute Gasteiger partial charge is 0.378 e. The Morgan fingerprint density at radius 3 is 2.42 bits per heavy atom. The lowest BCUT2D eigenvalue weighted by Gasteiger charge is -2.29. The second-order valence-electron chi connectivity index (χ2n) is 8.40. The Morgan fingerprint density at radius 2 is 1.76 bits per heavy atom. The molecule has 176 valence electrons. The van der Waals surface area contributed by atoms with Gasteiger partial charge in [-0.2, -0.15) is 13.2 Å². The molecule has 0 bridgehead atoms. The Hall–Kier alpha value is -3.07. The van der Waals surface area contributed by atoms with Crippen LogP contribution < -0.4 is 15.1 Å². The van der Waals surface area contributed by atoms with Crippen molar-refractivity contribution in [2.45, 2.75) is 26.1 Å². The number of nitrogens with zero attached hydrogens (tertiary/aromatic N) is 2. The third kappa shape index (κ3) is 5.30. The number of nitrogens with one attached hydrogen (secondary N) is 1. The van der Waals surface area contributed by atoms with Crippen LogP contribution in [0, 0.1) is 12.8 Å². The average Bonchev–Trinajstić information content (AvgIpc) is 3.19. The molecule has 2 saturated heterocycles. The molecule has 0 radical (unpaired) electrons. The van der Waals surface area contributed by atoms with Gasteiger partial charge in [0.05, 0.1) is 24.7 Å². The van der Waals surface area contributed by atoms with Crippen molar-refractivity contribution in [2.75, 3.05) is 42.6 Å². The minimum Gasteiger partial charge on any atom is -0.378 e. The average molecular weight is 461 g/mol. The highest BCUT2D eigenvalue weighted by Crippen LogP contribution is 2.35. The van der Waals surface area contributed by atoms with Gasteiger partial charge in [-0.05, 0) is 36.8 Å². The number of alkyl halides is 3. The van der Waals surface area contributed by atoms with Crippen molar-refractivity contribution in [2.24, 2.45) is 5.92 Å². The zero-order chi connectivity index (χ0) is 23.6. The molecule has 9 heteroatoms. The highest BCUT2D eigenvalue weighted by Gasteiger charge is 2.36. The molecule has 6 nitrogen and oxygen atoms in total. The molecule has 0 spiro atoms. The van der Waals surface area contributed by atoms with E-state index in [1.165, 1.54) is 6.07 Å². The van der Waals surface area contributed by atoms with Crippen LogP contribution in [0.2, 0.25) is 0 Å². The SMILES string of the molecule is Cc1ccc(N2CC(C(=O)NCc3ccc(N4CCOCC4)cc3C(F)(F)F)CC2=O)cc1. The van der Waals surface area contributed by atoms with Gasteiger partial charge in [0.15, 0.2) is 0 Å². The van der Waals surface area contributed by atoms with Gasteiger partial charge in [-0.3, -0.25) is 9.59 Å². The number of hydrogen-bond donors (Lipinski definition) is 1. The number of hydrogen-bond acceptors (Lipinski definition) is 4. The number of ether oxygens (including phenoxy) is 1. The summed E-state index contributed by atoms with van der Waals surface area (Å²) in [6.45, 7) is 3.88. The minimum atomic E-state index is -4.55. The van der Waals surface area contributed by atoms with E-state index >= 15 is 0 Å². The molecule has 1 N–H and O–H groups in total. The van der Waals surface area contributed by atoms with Crippen LogP contribution >= 0.6 is 0 Å². The first-order chi connectivity index (χ1) is 15.7. The van der Waals surface area contributed by atoms with Crippen molar-refractivity contribution in [3.63, 3.8) is 0 Å². The first kappa shape index (κ1) is 23.1. The topological polar surface area (TPSA) is 61.9 Å². The maximum absolute atomic E-state index is 13.7. The molecular formula is C24H26F3N3O3. The van der Waals surface area contributed by atoms with Crippen LogP contribution in [0.1, 0.15) is 23.1 Å². The van der Waals surface area contributed by atoms with Gasteiger partial charge in [-0.1, -0.05) is 23.8 Å². The van der Waals surface area contributed by atoms with Crippen molar-refractivity contribution in [3.8, 4) is 0 Å². The van der Waals surface area contributed by atoms with E-state index in [0.717, 1.165) is 11.6 Å². The standard InChI is InChI=1S/C24H26F3N3O3/c1-16-2-5-19(6-3-16)30-15-18(12-22(30)31)23(32)28-14-17-4-7-20(13-21(17)24(25,26)27)29-8-10-33-11-9-29/h2-7,13,18H,8-12,14-15H2,1H3,(H,28,32). The normalized spacial score (nSPS) is 19.2. The van der Waals surface area contributed by atoms with Crippen LogP contribution in [0.5, 0.6) is 0 Å². The van der Waals surface area contributed by atoms with E-state index in [1.807, 2.05) is 36.1 Å². The van der Waals surface area contributed by atoms with Gasteiger partial charge >= 0.3 is 6.18 Å². The molecule has 2 heterocycles. The van der Waals surface area contributed by atoms with Crippen LogP contribution in [0.4, 0.5) is 24.5 Å². The monoisotopic (exact) mass is 461 g/mol. The zero-order valence-corrected chi connectivity index (χ0v) is 18.3. The van der Waals surface area contributed by atoms with Gasteiger partial charge in [0.2, 0.25) is 11.8 Å². The molecule has 2 aliphatic heterocycles. The number of benzene rings is 2. The lowest BCUT2D eigenvalue weighted by molar-refractivity contribution is -0.138. The summed E-state index contributed by atoms with van der Waals surface area (Å²) < 4.78 is 46.5. The number of anilines is 2. The van der Waals surface area contributed by atoms with Crippen molar-refractivity contribution in [1.82, 2.24) is 5.32 Å². The van der Waals surface area contributed by atoms with E-state index in [4.69, 9.17) is 4.74 Å². The number of carbonyl (C=O) groups excluding carboxylic acids is 2. The molecule has 2 amide bonds. The summed E-state index contributed by atoms with van der Waals surface area (Å²) in [5.41, 5.74) is 1.47. The number of halogens is 3. The van der Waals surface area contributed by atoms with E-state index in [0.29, 0.717) is 37.7 Å². The van der Waals surface area contributed by atoms with Crippen LogP contribution in [0.3, 0.4) is 0 Å². The molecule has 2 fully saturated rings. The van der Waals surface area contributed by atoms with Crippen molar-refractivity contribution in [3.05, 3.63) is 59.2 Å². The van der Waals surface area contributed by atoms with E-state index in [1.54, 1.807) is 11.0 Å². The number of aryl methyl sites for hydroxylation is 1. The Kier molecular flexibility index (Phi) is 6.60. The first-order valence-corrected chi connectivity index (χ1v) is 10.9. The number of carbonyl (C=O) groups is 2. The number of amides is 2. The molecule has 0 aromatic heterocycles. The maximum Gasteiger partial charge on any atom is 0.416 e. The van der Waals surface area contributed by atoms with Gasteiger partial charge in [-0.15, -0.1) is 0 Å². The van der Waals surface area contributed by atoms with E-state index < -0.39 is 23.6 Å².